The van der Waals surface area contributed by atoms with Gasteiger partial charge in [0.15, 0.2) is 0 Å². The predicted molar refractivity (Wildman–Crippen MR) is 93.0 cm³/mol. The molecule has 0 unspecified atom stereocenters. The SMILES string of the molecule is Cc1cccc(N2CCN(S(=O)(=O)c3ccc(N)cc3)CC2)c1. The Morgan fingerprint density at radius 3 is 2.22 bits per heavy atom. The molecule has 23 heavy (non-hydrogen) atoms. The van der Waals surface area contributed by atoms with Gasteiger partial charge in [0.1, 0.15) is 0 Å². The summed E-state index contributed by atoms with van der Waals surface area (Å²) in [5.41, 5.74) is 8.55. The Morgan fingerprint density at radius 1 is 0.957 bits per heavy atom. The number of hydrogen-bond acceptors (Lipinski definition) is 4. The predicted octanol–water partition coefficient (Wildman–Crippen LogP) is 2.09. The smallest absolute Gasteiger partial charge is 0.243 e. The highest BCUT2D eigenvalue weighted by atomic mass is 32.2. The first-order valence-corrected chi connectivity index (χ1v) is 9.08. The Hall–Kier alpha value is -2.05. The van der Waals surface area contributed by atoms with Crippen molar-refractivity contribution in [2.45, 2.75) is 11.8 Å². The van der Waals surface area contributed by atoms with Gasteiger partial charge in [0, 0.05) is 37.6 Å². The first-order valence-electron chi connectivity index (χ1n) is 7.64. The van der Waals surface area contributed by atoms with Gasteiger partial charge in [-0.3, -0.25) is 0 Å². The van der Waals surface area contributed by atoms with Gasteiger partial charge in [0.25, 0.3) is 0 Å². The molecule has 1 aliphatic rings. The van der Waals surface area contributed by atoms with Gasteiger partial charge in [-0.15, -0.1) is 0 Å². The first kappa shape index (κ1) is 15.8. The zero-order valence-corrected chi connectivity index (χ0v) is 14.0. The van der Waals surface area contributed by atoms with Crippen molar-refractivity contribution in [3.8, 4) is 0 Å². The normalized spacial score (nSPS) is 16.5. The first-order chi connectivity index (χ1) is 11.0. The van der Waals surface area contributed by atoms with Crippen LogP contribution in [0.1, 0.15) is 5.56 Å². The molecule has 2 N–H and O–H groups in total. The number of hydrogen-bond donors (Lipinski definition) is 1. The van der Waals surface area contributed by atoms with E-state index in [1.165, 1.54) is 5.56 Å². The van der Waals surface area contributed by atoms with Gasteiger partial charge in [-0.25, -0.2) is 8.42 Å². The van der Waals surface area contributed by atoms with E-state index >= 15 is 0 Å². The van der Waals surface area contributed by atoms with Crippen molar-refractivity contribution in [1.82, 2.24) is 4.31 Å². The molecule has 2 aromatic rings. The number of piperazine rings is 1. The maximum Gasteiger partial charge on any atom is 0.243 e. The van der Waals surface area contributed by atoms with Gasteiger partial charge < -0.3 is 10.6 Å². The lowest BCUT2D eigenvalue weighted by atomic mass is 10.2. The molecule has 0 bridgehead atoms. The quantitative estimate of drug-likeness (QED) is 0.875. The molecule has 0 radical (unpaired) electrons. The second-order valence-electron chi connectivity index (χ2n) is 5.80. The number of nitrogen functional groups attached to an aromatic ring is 1. The van der Waals surface area contributed by atoms with Crippen molar-refractivity contribution in [3.63, 3.8) is 0 Å². The van der Waals surface area contributed by atoms with Crippen LogP contribution in [0.4, 0.5) is 11.4 Å². The molecule has 0 aromatic heterocycles. The zero-order chi connectivity index (χ0) is 16.4. The molecule has 0 saturated carbocycles. The monoisotopic (exact) mass is 331 g/mol. The molecule has 5 nitrogen and oxygen atoms in total. The Bertz CT molecular complexity index is 780. The summed E-state index contributed by atoms with van der Waals surface area (Å²) in [5.74, 6) is 0. The van der Waals surface area contributed by atoms with Crippen LogP contribution in [0, 0.1) is 6.92 Å². The molecule has 0 aliphatic carbocycles. The second kappa shape index (κ2) is 6.22. The molecule has 1 saturated heterocycles. The standard InChI is InChI=1S/C17H21N3O2S/c1-14-3-2-4-16(13-14)19-9-11-20(12-10-19)23(21,22)17-7-5-15(18)6-8-17/h2-8,13H,9-12,18H2,1H3. The second-order valence-corrected chi connectivity index (χ2v) is 7.74. The van der Waals surface area contributed by atoms with Crippen molar-refractivity contribution >= 4 is 21.4 Å². The summed E-state index contributed by atoms with van der Waals surface area (Å²) >= 11 is 0. The van der Waals surface area contributed by atoms with E-state index in [0.29, 0.717) is 36.8 Å². The molecule has 0 amide bonds. The van der Waals surface area contributed by atoms with Gasteiger partial charge in [0.2, 0.25) is 10.0 Å². The molecule has 0 spiro atoms. The van der Waals surface area contributed by atoms with Gasteiger partial charge >= 0.3 is 0 Å². The van der Waals surface area contributed by atoms with Crippen LogP contribution < -0.4 is 10.6 Å². The third kappa shape index (κ3) is 3.33. The van der Waals surface area contributed by atoms with Crippen molar-refractivity contribution < 1.29 is 8.42 Å². The van der Waals surface area contributed by atoms with Gasteiger partial charge in [-0.1, -0.05) is 12.1 Å². The number of aryl methyl sites for hydroxylation is 1. The van der Waals surface area contributed by atoms with Crippen molar-refractivity contribution in [3.05, 3.63) is 54.1 Å². The summed E-state index contributed by atoms with van der Waals surface area (Å²) in [4.78, 5) is 2.53. The summed E-state index contributed by atoms with van der Waals surface area (Å²) in [6.07, 6.45) is 0. The Labute approximate surface area is 137 Å². The van der Waals surface area contributed by atoms with Crippen LogP contribution in [0.2, 0.25) is 0 Å². The topological polar surface area (TPSA) is 66.6 Å². The van der Waals surface area contributed by atoms with E-state index in [2.05, 4.69) is 30.0 Å². The minimum Gasteiger partial charge on any atom is -0.399 e. The lowest BCUT2D eigenvalue weighted by Crippen LogP contribution is -2.48. The van der Waals surface area contributed by atoms with E-state index in [1.54, 1.807) is 28.6 Å². The van der Waals surface area contributed by atoms with Gasteiger partial charge in [-0.05, 0) is 48.9 Å². The highest BCUT2D eigenvalue weighted by Crippen LogP contribution is 2.22. The number of nitrogens with zero attached hydrogens (tertiary/aromatic N) is 2. The molecule has 3 rings (SSSR count). The largest absolute Gasteiger partial charge is 0.399 e. The lowest BCUT2D eigenvalue weighted by Gasteiger charge is -2.35. The summed E-state index contributed by atoms with van der Waals surface area (Å²) in [6.45, 7) is 4.42. The van der Waals surface area contributed by atoms with Crippen LogP contribution in [0.5, 0.6) is 0 Å². The van der Waals surface area contributed by atoms with E-state index in [0.717, 1.165) is 5.69 Å². The lowest BCUT2D eigenvalue weighted by molar-refractivity contribution is 0.385. The Balaban J connectivity index is 1.72. The highest BCUT2D eigenvalue weighted by Gasteiger charge is 2.28. The Kier molecular flexibility index (Phi) is 4.28. The number of anilines is 2. The third-order valence-electron chi connectivity index (χ3n) is 4.12. The van der Waals surface area contributed by atoms with E-state index in [1.807, 2.05) is 6.07 Å². The van der Waals surface area contributed by atoms with Crippen molar-refractivity contribution in [2.24, 2.45) is 0 Å². The van der Waals surface area contributed by atoms with E-state index in [-0.39, 0.29) is 0 Å². The average Bonchev–Trinajstić information content (AvgIpc) is 2.55. The summed E-state index contributed by atoms with van der Waals surface area (Å²) in [5, 5.41) is 0. The van der Waals surface area contributed by atoms with Crippen LogP contribution in [-0.4, -0.2) is 38.9 Å². The number of sulfonamides is 1. The average molecular weight is 331 g/mol. The van der Waals surface area contributed by atoms with E-state index in [9.17, 15) is 8.42 Å². The molecule has 122 valence electrons. The fourth-order valence-electron chi connectivity index (χ4n) is 2.80. The van der Waals surface area contributed by atoms with Crippen LogP contribution in [-0.2, 0) is 10.0 Å². The van der Waals surface area contributed by atoms with Crippen molar-refractivity contribution in [2.75, 3.05) is 36.8 Å². The molecule has 0 atom stereocenters. The van der Waals surface area contributed by atoms with E-state index < -0.39 is 10.0 Å². The molecule has 1 heterocycles. The molecule has 2 aromatic carbocycles. The maximum atomic E-state index is 12.7. The van der Waals surface area contributed by atoms with Crippen LogP contribution in [0.25, 0.3) is 0 Å². The van der Waals surface area contributed by atoms with Crippen molar-refractivity contribution in [1.29, 1.82) is 0 Å². The van der Waals surface area contributed by atoms with Gasteiger partial charge in [0.05, 0.1) is 4.90 Å². The highest BCUT2D eigenvalue weighted by molar-refractivity contribution is 7.89. The molecular formula is C17H21N3O2S. The summed E-state index contributed by atoms with van der Waals surface area (Å²) in [6, 6.07) is 14.7. The van der Waals surface area contributed by atoms with Crippen LogP contribution >= 0.6 is 0 Å². The van der Waals surface area contributed by atoms with E-state index in [4.69, 9.17) is 5.73 Å². The fraction of sp³-hybridized carbons (Fsp3) is 0.294. The summed E-state index contributed by atoms with van der Waals surface area (Å²) < 4.78 is 26.9. The maximum absolute atomic E-state index is 12.7. The molecule has 1 fully saturated rings. The minimum absolute atomic E-state index is 0.302. The molecule has 6 heteroatoms. The number of rotatable bonds is 3. The van der Waals surface area contributed by atoms with Gasteiger partial charge in [-0.2, -0.15) is 4.31 Å². The Morgan fingerprint density at radius 2 is 1.61 bits per heavy atom. The molecule has 1 aliphatic heterocycles. The molecular weight excluding hydrogens is 310 g/mol. The number of benzene rings is 2. The minimum atomic E-state index is -3.44. The number of nitrogens with two attached hydrogens (primary N) is 1. The fourth-order valence-corrected chi connectivity index (χ4v) is 4.22. The van der Waals surface area contributed by atoms with Crippen LogP contribution in [0.15, 0.2) is 53.4 Å². The van der Waals surface area contributed by atoms with Crippen LogP contribution in [0.3, 0.4) is 0 Å². The zero-order valence-electron chi connectivity index (χ0n) is 13.1. The third-order valence-corrected chi connectivity index (χ3v) is 6.04. The summed E-state index contributed by atoms with van der Waals surface area (Å²) in [7, 11) is -3.44.